The number of carbonyl (C=O) groups is 2. The number of nitrogens with zero attached hydrogens (tertiary/aromatic N) is 7. The third-order valence-corrected chi connectivity index (χ3v) is 7.06. The second-order valence-corrected chi connectivity index (χ2v) is 12.8. The van der Waals surface area contributed by atoms with Gasteiger partial charge in [0.15, 0.2) is 5.56 Å². The summed E-state index contributed by atoms with van der Waals surface area (Å²) in [4.78, 5) is 41.9. The summed E-state index contributed by atoms with van der Waals surface area (Å²) >= 11 is 0. The van der Waals surface area contributed by atoms with E-state index in [1.165, 1.54) is 6.07 Å². The number of nitro groups is 1. The first-order valence-corrected chi connectivity index (χ1v) is 15.0. The standard InChI is InChI=1S/C16H20N4O4.C16H22N4O2/c1-16(2,3)24-15(21)19-9-7-18(8-10-19)13-5-4-6-14(20(22)23)12(13)11-17;1-16(2,3)22-15(21)20-9-7-19(8-10-20)14-6-4-5-13(18)12(14)11-17/h4-6H,7-10H2,1-3H3;4-6H,7-10,18H2,1-3H3. The number of benzene rings is 2. The van der Waals surface area contributed by atoms with Crippen molar-refractivity contribution in [2.45, 2.75) is 52.7 Å². The predicted octanol–water partition coefficient (Wildman–Crippen LogP) is 4.72. The summed E-state index contributed by atoms with van der Waals surface area (Å²) in [5.74, 6) is 0. The zero-order valence-corrected chi connectivity index (χ0v) is 27.3. The van der Waals surface area contributed by atoms with Crippen LogP contribution in [0.5, 0.6) is 0 Å². The topological polar surface area (TPSA) is 182 Å². The summed E-state index contributed by atoms with van der Waals surface area (Å²) in [6.45, 7) is 15.2. The molecule has 2 saturated heterocycles. The van der Waals surface area contributed by atoms with Gasteiger partial charge in [-0.25, -0.2) is 9.59 Å². The smallest absolute Gasteiger partial charge is 0.410 e. The molecule has 2 aromatic rings. The molecule has 2 N–H and O–H groups in total. The molecular weight excluding hydrogens is 592 g/mol. The van der Waals surface area contributed by atoms with E-state index in [0.717, 1.165) is 5.69 Å². The molecule has 2 amide bonds. The Morgan fingerprint density at radius 1 is 0.739 bits per heavy atom. The summed E-state index contributed by atoms with van der Waals surface area (Å²) < 4.78 is 10.7. The van der Waals surface area contributed by atoms with E-state index in [1.54, 1.807) is 28.0 Å². The van der Waals surface area contributed by atoms with E-state index in [4.69, 9.17) is 15.2 Å². The van der Waals surface area contributed by atoms with Gasteiger partial charge < -0.3 is 34.8 Å². The van der Waals surface area contributed by atoms with E-state index in [0.29, 0.717) is 69.3 Å². The zero-order valence-electron chi connectivity index (χ0n) is 27.3. The van der Waals surface area contributed by atoms with Crippen molar-refractivity contribution in [3.63, 3.8) is 0 Å². The Kier molecular flexibility index (Phi) is 11.3. The normalized spacial score (nSPS) is 15.1. The van der Waals surface area contributed by atoms with Gasteiger partial charge in [-0.3, -0.25) is 10.1 Å². The van der Waals surface area contributed by atoms with Crippen molar-refractivity contribution in [2.75, 3.05) is 67.9 Å². The number of carbonyl (C=O) groups excluding carboxylic acids is 2. The van der Waals surface area contributed by atoms with Gasteiger partial charge in [0.2, 0.25) is 0 Å². The molecule has 2 aromatic carbocycles. The monoisotopic (exact) mass is 634 g/mol. The lowest BCUT2D eigenvalue weighted by atomic mass is 10.1. The number of hydrogen-bond donors (Lipinski definition) is 1. The van der Waals surface area contributed by atoms with Crippen LogP contribution in [0.3, 0.4) is 0 Å². The highest BCUT2D eigenvalue weighted by molar-refractivity contribution is 5.72. The van der Waals surface area contributed by atoms with Crippen LogP contribution in [0.1, 0.15) is 52.7 Å². The highest BCUT2D eigenvalue weighted by Gasteiger charge is 2.29. The van der Waals surface area contributed by atoms with Gasteiger partial charge in [0.25, 0.3) is 5.69 Å². The number of nitrogens with two attached hydrogens (primary N) is 1. The van der Waals surface area contributed by atoms with Gasteiger partial charge in [-0.05, 0) is 59.7 Å². The van der Waals surface area contributed by atoms with E-state index >= 15 is 0 Å². The molecule has 2 fully saturated rings. The van der Waals surface area contributed by atoms with E-state index in [2.05, 4.69) is 11.0 Å². The largest absolute Gasteiger partial charge is 0.444 e. The van der Waals surface area contributed by atoms with Crippen molar-refractivity contribution in [1.82, 2.24) is 9.80 Å². The van der Waals surface area contributed by atoms with Crippen molar-refractivity contribution in [3.8, 4) is 12.1 Å². The molecule has 2 heterocycles. The fourth-order valence-corrected chi connectivity index (χ4v) is 4.91. The molecular formula is C32H42N8O6. The maximum Gasteiger partial charge on any atom is 0.410 e. The molecule has 0 saturated carbocycles. The fraction of sp³-hybridized carbons (Fsp3) is 0.500. The van der Waals surface area contributed by atoms with Crippen molar-refractivity contribution >= 4 is 34.9 Å². The predicted molar refractivity (Wildman–Crippen MR) is 173 cm³/mol. The number of hydrogen-bond acceptors (Lipinski definition) is 11. The van der Waals surface area contributed by atoms with Crippen molar-refractivity contribution in [3.05, 3.63) is 57.6 Å². The van der Waals surface area contributed by atoms with Gasteiger partial charge in [-0.1, -0.05) is 12.1 Å². The second-order valence-electron chi connectivity index (χ2n) is 12.8. The van der Waals surface area contributed by atoms with Crippen LogP contribution in [0.4, 0.5) is 32.3 Å². The van der Waals surface area contributed by atoms with Gasteiger partial charge in [0.1, 0.15) is 23.3 Å². The Morgan fingerprint density at radius 2 is 1.13 bits per heavy atom. The molecule has 14 nitrogen and oxygen atoms in total. The average molecular weight is 635 g/mol. The molecule has 0 aromatic heterocycles. The Labute approximate surface area is 269 Å². The molecule has 0 unspecified atom stereocenters. The van der Waals surface area contributed by atoms with E-state index in [-0.39, 0.29) is 23.4 Å². The lowest BCUT2D eigenvalue weighted by Crippen LogP contribution is -2.50. The van der Waals surface area contributed by atoms with Crippen LogP contribution >= 0.6 is 0 Å². The molecule has 246 valence electrons. The molecule has 0 atom stereocenters. The number of rotatable bonds is 3. The van der Waals surface area contributed by atoms with Gasteiger partial charge in [-0.15, -0.1) is 0 Å². The summed E-state index contributed by atoms with van der Waals surface area (Å²) in [6, 6.07) is 14.1. The lowest BCUT2D eigenvalue weighted by molar-refractivity contribution is -0.385. The maximum atomic E-state index is 12.1. The first kappa shape index (κ1) is 35.2. The van der Waals surface area contributed by atoms with E-state index in [9.17, 15) is 30.2 Å². The quantitative estimate of drug-likeness (QED) is 0.280. The summed E-state index contributed by atoms with van der Waals surface area (Å²) in [6.07, 6.45) is -0.665. The first-order valence-electron chi connectivity index (χ1n) is 15.0. The van der Waals surface area contributed by atoms with Crippen LogP contribution in [-0.2, 0) is 9.47 Å². The highest BCUT2D eigenvalue weighted by atomic mass is 16.6. The minimum atomic E-state index is -0.557. The van der Waals surface area contributed by atoms with Crippen LogP contribution in [0.2, 0.25) is 0 Å². The van der Waals surface area contributed by atoms with Gasteiger partial charge >= 0.3 is 12.2 Å². The van der Waals surface area contributed by atoms with Crippen molar-refractivity contribution in [1.29, 1.82) is 10.5 Å². The Morgan fingerprint density at radius 3 is 1.50 bits per heavy atom. The third-order valence-electron chi connectivity index (χ3n) is 7.06. The van der Waals surface area contributed by atoms with Crippen LogP contribution in [0, 0.1) is 32.8 Å². The summed E-state index contributed by atoms with van der Waals surface area (Å²) in [5, 5.41) is 29.6. The van der Waals surface area contributed by atoms with E-state index < -0.39 is 16.1 Å². The SMILES string of the molecule is CC(C)(C)OC(=O)N1CCN(c2cccc(N)c2C#N)CC1.CC(C)(C)OC(=O)N1CCN(c2cccc([N+](=O)[O-])c2C#N)CC1. The second kappa shape index (κ2) is 14.7. The zero-order chi connectivity index (χ0) is 34.2. The van der Waals surface area contributed by atoms with Gasteiger partial charge in [0, 0.05) is 58.4 Å². The number of anilines is 3. The van der Waals surface area contributed by atoms with E-state index in [1.807, 2.05) is 64.6 Å². The third kappa shape index (κ3) is 9.38. The highest BCUT2D eigenvalue weighted by Crippen LogP contribution is 2.30. The molecule has 0 aliphatic carbocycles. The number of nitrogen functional groups attached to an aromatic ring is 1. The number of amides is 2. The van der Waals surface area contributed by atoms with Gasteiger partial charge in [-0.2, -0.15) is 10.5 Å². The Bertz CT molecular complexity index is 1500. The van der Waals surface area contributed by atoms with Crippen LogP contribution in [0.25, 0.3) is 0 Å². The van der Waals surface area contributed by atoms with Crippen LogP contribution in [0.15, 0.2) is 36.4 Å². The fourth-order valence-electron chi connectivity index (χ4n) is 4.91. The maximum absolute atomic E-state index is 12.1. The molecule has 2 aliphatic heterocycles. The molecule has 14 heteroatoms. The average Bonchev–Trinajstić information content (AvgIpc) is 2.99. The van der Waals surface area contributed by atoms with Crippen LogP contribution in [-0.4, -0.2) is 90.5 Å². The number of nitro benzene ring substituents is 1. The Hall–Kier alpha value is -5.24. The minimum Gasteiger partial charge on any atom is -0.444 e. The molecule has 0 radical (unpaired) electrons. The molecule has 4 rings (SSSR count). The lowest BCUT2D eigenvalue weighted by Gasteiger charge is -2.37. The number of piperazine rings is 2. The molecule has 0 spiro atoms. The van der Waals surface area contributed by atoms with Crippen molar-refractivity contribution < 1.29 is 24.0 Å². The summed E-state index contributed by atoms with van der Waals surface area (Å²) in [5.41, 5.74) is 6.98. The van der Waals surface area contributed by atoms with Gasteiger partial charge in [0.05, 0.1) is 27.5 Å². The minimum absolute atomic E-state index is 0.0493. The van der Waals surface area contributed by atoms with Crippen LogP contribution < -0.4 is 15.5 Å². The number of ether oxygens (including phenoxy) is 2. The molecule has 46 heavy (non-hydrogen) atoms. The summed E-state index contributed by atoms with van der Waals surface area (Å²) in [7, 11) is 0. The molecule has 2 aliphatic rings. The van der Waals surface area contributed by atoms with Crippen molar-refractivity contribution in [2.24, 2.45) is 0 Å². The molecule has 0 bridgehead atoms. The first-order chi connectivity index (χ1) is 21.5. The Balaban J connectivity index is 0.000000251. The number of nitriles is 2.